The molecule has 0 aliphatic heterocycles. The largest absolute Gasteiger partial charge is 0.392 e. The molecule has 0 saturated carbocycles. The third-order valence-electron chi connectivity index (χ3n) is 5.82. The van der Waals surface area contributed by atoms with Gasteiger partial charge in [0, 0.05) is 46.8 Å². The number of anilines is 1. The number of aliphatic hydroxyl groups is 1. The number of thiophene rings is 1. The minimum absolute atomic E-state index is 0.144. The van der Waals surface area contributed by atoms with Gasteiger partial charge in [0.15, 0.2) is 0 Å². The molecular formula is C26H21ClFN5O3S2. The molecule has 0 bridgehead atoms. The van der Waals surface area contributed by atoms with E-state index in [1.54, 1.807) is 42.6 Å². The van der Waals surface area contributed by atoms with E-state index < -0.39 is 17.3 Å². The van der Waals surface area contributed by atoms with Gasteiger partial charge in [-0.1, -0.05) is 23.7 Å². The van der Waals surface area contributed by atoms with Crippen molar-refractivity contribution in [2.75, 3.05) is 5.32 Å². The SMILES string of the molecule is O=C(c1ccc(CO)cc1)n1nc(-c2cc(F)cc(=O)n2CCc2cnsc2)cc1NCc1ccc(Cl)s1. The molecule has 5 rings (SSSR count). The van der Waals surface area contributed by atoms with Gasteiger partial charge in [0.05, 0.1) is 23.2 Å². The molecule has 38 heavy (non-hydrogen) atoms. The maximum absolute atomic E-state index is 14.4. The second-order valence-electron chi connectivity index (χ2n) is 8.38. The van der Waals surface area contributed by atoms with Crippen LogP contribution in [0.4, 0.5) is 10.2 Å². The van der Waals surface area contributed by atoms with Gasteiger partial charge in [-0.25, -0.2) is 8.76 Å². The Hall–Kier alpha value is -3.64. The van der Waals surface area contributed by atoms with Gasteiger partial charge in [0.25, 0.3) is 11.5 Å². The first-order chi connectivity index (χ1) is 18.4. The van der Waals surface area contributed by atoms with Gasteiger partial charge in [0.2, 0.25) is 0 Å². The molecule has 2 N–H and O–H groups in total. The average molecular weight is 570 g/mol. The fourth-order valence-electron chi connectivity index (χ4n) is 3.89. The minimum Gasteiger partial charge on any atom is -0.392 e. The Kier molecular flexibility index (Phi) is 7.79. The molecule has 4 aromatic heterocycles. The van der Waals surface area contributed by atoms with E-state index in [4.69, 9.17) is 11.6 Å². The highest BCUT2D eigenvalue weighted by Crippen LogP contribution is 2.26. The predicted molar refractivity (Wildman–Crippen MR) is 146 cm³/mol. The summed E-state index contributed by atoms with van der Waals surface area (Å²) in [7, 11) is 0. The van der Waals surface area contributed by atoms with E-state index in [-0.39, 0.29) is 24.5 Å². The number of aromatic nitrogens is 4. The lowest BCUT2D eigenvalue weighted by atomic mass is 10.1. The van der Waals surface area contributed by atoms with Crippen molar-refractivity contribution < 1.29 is 14.3 Å². The van der Waals surface area contributed by atoms with Crippen LogP contribution in [0, 0.1) is 5.82 Å². The van der Waals surface area contributed by atoms with Crippen LogP contribution in [0.1, 0.15) is 26.4 Å². The van der Waals surface area contributed by atoms with Crippen LogP contribution in [0.3, 0.4) is 0 Å². The van der Waals surface area contributed by atoms with E-state index >= 15 is 0 Å². The smallest absolute Gasteiger partial charge is 0.280 e. The second kappa shape index (κ2) is 11.4. The fourth-order valence-corrected chi connectivity index (χ4v) is 5.48. The molecule has 1 aromatic carbocycles. The van der Waals surface area contributed by atoms with Crippen molar-refractivity contribution in [2.45, 2.75) is 26.1 Å². The molecule has 8 nitrogen and oxygen atoms in total. The lowest BCUT2D eigenvalue weighted by molar-refractivity contribution is 0.0947. The van der Waals surface area contributed by atoms with Crippen molar-refractivity contribution in [3.63, 3.8) is 0 Å². The number of halogens is 2. The first kappa shape index (κ1) is 26.0. The summed E-state index contributed by atoms with van der Waals surface area (Å²) >= 11 is 8.77. The highest BCUT2D eigenvalue weighted by atomic mass is 35.5. The van der Waals surface area contributed by atoms with Crippen LogP contribution in [0.5, 0.6) is 0 Å². The average Bonchev–Trinajstić information content (AvgIpc) is 3.67. The number of hydrogen-bond donors (Lipinski definition) is 2. The molecule has 0 aliphatic rings. The summed E-state index contributed by atoms with van der Waals surface area (Å²) in [5, 5.41) is 18.9. The summed E-state index contributed by atoms with van der Waals surface area (Å²) < 4.78 is 21.8. The molecule has 194 valence electrons. The zero-order valence-electron chi connectivity index (χ0n) is 19.8. The maximum Gasteiger partial charge on any atom is 0.280 e. The zero-order chi connectivity index (χ0) is 26.6. The number of aliphatic hydroxyl groups excluding tert-OH is 1. The van der Waals surface area contributed by atoms with Gasteiger partial charge in [-0.05, 0) is 53.3 Å². The number of carbonyl (C=O) groups excluding carboxylic acids is 1. The molecule has 0 fully saturated rings. The number of benzene rings is 1. The van der Waals surface area contributed by atoms with Crippen molar-refractivity contribution in [3.8, 4) is 11.4 Å². The van der Waals surface area contributed by atoms with Crippen LogP contribution >= 0.6 is 34.5 Å². The fraction of sp³-hybridized carbons (Fsp3) is 0.154. The standard InChI is InChI=1S/C26H21ClFN5O3S2/c27-23-6-5-20(38-23)13-29-24-11-21(31-33(24)26(36)18-3-1-16(14-34)2-4-18)22-9-19(28)10-25(35)32(22)8-7-17-12-30-37-15-17/h1-6,9-12,15,29,34H,7-8,13-14H2. The van der Waals surface area contributed by atoms with E-state index in [9.17, 15) is 19.1 Å². The molecule has 4 heterocycles. The second-order valence-corrected chi connectivity index (χ2v) is 10.8. The Morgan fingerprint density at radius 3 is 2.61 bits per heavy atom. The third kappa shape index (κ3) is 5.76. The molecule has 0 unspecified atom stereocenters. The Bertz CT molecular complexity index is 1630. The number of nitrogens with zero attached hydrogens (tertiary/aromatic N) is 4. The quantitative estimate of drug-likeness (QED) is 0.257. The lowest BCUT2D eigenvalue weighted by Gasteiger charge is -2.11. The molecule has 0 radical (unpaired) electrons. The number of nitrogens with one attached hydrogen (secondary N) is 1. The maximum atomic E-state index is 14.4. The number of aryl methyl sites for hydroxylation is 1. The Morgan fingerprint density at radius 1 is 1.11 bits per heavy atom. The Morgan fingerprint density at radius 2 is 1.92 bits per heavy atom. The zero-order valence-corrected chi connectivity index (χ0v) is 22.2. The molecule has 0 amide bonds. The van der Waals surface area contributed by atoms with Gasteiger partial charge in [-0.15, -0.1) is 11.3 Å². The van der Waals surface area contributed by atoms with E-state index in [0.717, 1.165) is 16.5 Å². The molecule has 0 spiro atoms. The normalized spacial score (nSPS) is 11.1. The first-order valence-electron chi connectivity index (χ1n) is 11.5. The van der Waals surface area contributed by atoms with Crippen LogP contribution in [-0.2, 0) is 26.1 Å². The van der Waals surface area contributed by atoms with Crippen LogP contribution in [0.15, 0.2) is 71.0 Å². The monoisotopic (exact) mass is 569 g/mol. The van der Waals surface area contributed by atoms with Crippen LogP contribution < -0.4 is 10.9 Å². The van der Waals surface area contributed by atoms with Gasteiger partial charge < -0.3 is 15.0 Å². The summed E-state index contributed by atoms with van der Waals surface area (Å²) in [6.07, 6.45) is 2.25. The topological polar surface area (TPSA) is 102 Å². The van der Waals surface area contributed by atoms with E-state index in [1.807, 2.05) is 11.4 Å². The number of hydrogen-bond acceptors (Lipinski definition) is 8. The van der Waals surface area contributed by atoms with Crippen LogP contribution in [0.25, 0.3) is 11.4 Å². The van der Waals surface area contributed by atoms with Crippen molar-refractivity contribution in [1.29, 1.82) is 0 Å². The van der Waals surface area contributed by atoms with E-state index in [1.165, 1.54) is 38.2 Å². The van der Waals surface area contributed by atoms with Crippen molar-refractivity contribution in [1.82, 2.24) is 18.7 Å². The summed E-state index contributed by atoms with van der Waals surface area (Å²) in [4.78, 5) is 27.2. The Balaban J connectivity index is 1.54. The lowest BCUT2D eigenvalue weighted by Crippen LogP contribution is -2.23. The highest BCUT2D eigenvalue weighted by molar-refractivity contribution is 7.16. The molecular weight excluding hydrogens is 549 g/mol. The van der Waals surface area contributed by atoms with Crippen molar-refractivity contribution in [3.05, 3.63) is 108 Å². The van der Waals surface area contributed by atoms with E-state index in [0.29, 0.717) is 34.2 Å². The summed E-state index contributed by atoms with van der Waals surface area (Å²) in [6, 6.07) is 14.0. The first-order valence-corrected chi connectivity index (χ1v) is 13.6. The Labute approximate surface area is 229 Å². The van der Waals surface area contributed by atoms with Crippen molar-refractivity contribution >= 4 is 46.2 Å². The third-order valence-corrected chi connectivity index (χ3v) is 7.69. The number of pyridine rings is 1. The molecule has 0 saturated heterocycles. The van der Waals surface area contributed by atoms with Crippen LogP contribution in [-0.4, -0.2) is 29.7 Å². The number of rotatable bonds is 9. The van der Waals surface area contributed by atoms with Gasteiger partial charge in [-0.3, -0.25) is 9.59 Å². The van der Waals surface area contributed by atoms with Gasteiger partial charge >= 0.3 is 0 Å². The molecule has 12 heteroatoms. The molecule has 0 atom stereocenters. The van der Waals surface area contributed by atoms with Crippen molar-refractivity contribution in [2.24, 2.45) is 0 Å². The summed E-state index contributed by atoms with van der Waals surface area (Å²) in [6.45, 7) is 0.516. The summed E-state index contributed by atoms with van der Waals surface area (Å²) in [5.41, 5.74) is 1.98. The van der Waals surface area contributed by atoms with Crippen LogP contribution in [0.2, 0.25) is 4.34 Å². The predicted octanol–water partition coefficient (Wildman–Crippen LogP) is 5.06. The highest BCUT2D eigenvalue weighted by Gasteiger charge is 2.20. The molecule has 5 aromatic rings. The van der Waals surface area contributed by atoms with Gasteiger partial charge in [-0.2, -0.15) is 9.78 Å². The minimum atomic E-state index is -0.693. The number of carbonyl (C=O) groups is 1. The molecule has 0 aliphatic carbocycles. The van der Waals surface area contributed by atoms with E-state index in [2.05, 4.69) is 14.8 Å². The van der Waals surface area contributed by atoms with Gasteiger partial charge in [0.1, 0.15) is 17.3 Å². The summed E-state index contributed by atoms with van der Waals surface area (Å²) in [5.74, 6) is -0.755.